The van der Waals surface area contributed by atoms with Crippen LogP contribution in [0.2, 0.25) is 0 Å². The fraction of sp³-hybridized carbons (Fsp3) is 0.857. The molecule has 2 saturated heterocycles. The predicted molar refractivity (Wildman–Crippen MR) is 38.7 cm³/mol. The number of hydrogen-bond donors (Lipinski definition) is 3. The monoisotopic (exact) mass is 206 g/mol. The van der Waals surface area contributed by atoms with Gasteiger partial charge in [0.2, 0.25) is 5.78 Å². The van der Waals surface area contributed by atoms with Gasteiger partial charge < -0.3 is 20.1 Å². The van der Waals surface area contributed by atoms with Crippen LogP contribution in [0.1, 0.15) is 0 Å². The normalized spacial score (nSPS) is 43.6. The van der Waals surface area contributed by atoms with E-state index in [1.54, 1.807) is 0 Å². The second-order valence-electron chi connectivity index (χ2n) is 3.23. The van der Waals surface area contributed by atoms with Crippen molar-refractivity contribution >= 4 is 5.78 Å². The summed E-state index contributed by atoms with van der Waals surface area (Å²) in [4.78, 5) is 19.8. The van der Waals surface area contributed by atoms with Crippen LogP contribution in [0.4, 0.5) is 0 Å². The lowest BCUT2D eigenvalue weighted by atomic mass is 9.97. The van der Waals surface area contributed by atoms with Crippen LogP contribution < -0.4 is 0 Å². The molecule has 0 saturated carbocycles. The maximum Gasteiger partial charge on any atom is 0.284 e. The maximum atomic E-state index is 11.3. The van der Waals surface area contributed by atoms with Crippen molar-refractivity contribution in [2.45, 2.75) is 30.7 Å². The molecule has 4 atom stereocenters. The first-order valence-corrected chi connectivity index (χ1v) is 4.13. The van der Waals surface area contributed by atoms with Gasteiger partial charge in [-0.1, -0.05) is 0 Å². The molecular formula is C7H10O7. The molecule has 80 valence electrons. The quantitative estimate of drug-likeness (QED) is 0.333. The summed E-state index contributed by atoms with van der Waals surface area (Å²) in [7, 11) is 0. The van der Waals surface area contributed by atoms with Gasteiger partial charge in [-0.05, 0) is 0 Å². The molecule has 0 aromatic carbocycles. The molecule has 1 unspecified atom stereocenters. The second kappa shape index (κ2) is 3.54. The molecule has 0 amide bonds. The Morgan fingerprint density at radius 2 is 1.79 bits per heavy atom. The Bertz CT molecular complexity index is 238. The third-order valence-corrected chi connectivity index (χ3v) is 2.21. The standard InChI is InChI=1S/C7H10O7/c8-2-1-12-6(4(10)3(2)9)5(11)7-13-14-7/h2-4,6-10H,1H2/t2-,3-,4-,6?/m1/s1. The van der Waals surface area contributed by atoms with Crippen molar-refractivity contribution in [3.8, 4) is 0 Å². The van der Waals surface area contributed by atoms with Gasteiger partial charge in [0.05, 0.1) is 6.61 Å². The summed E-state index contributed by atoms with van der Waals surface area (Å²) in [5.74, 6) is -0.594. The van der Waals surface area contributed by atoms with E-state index >= 15 is 0 Å². The van der Waals surface area contributed by atoms with E-state index in [0.717, 1.165) is 0 Å². The van der Waals surface area contributed by atoms with Crippen molar-refractivity contribution in [1.29, 1.82) is 0 Å². The van der Waals surface area contributed by atoms with Gasteiger partial charge in [0.25, 0.3) is 6.29 Å². The summed E-state index contributed by atoms with van der Waals surface area (Å²) in [5, 5.41) is 27.7. The van der Waals surface area contributed by atoms with Gasteiger partial charge in [0.15, 0.2) is 0 Å². The van der Waals surface area contributed by atoms with Gasteiger partial charge >= 0.3 is 0 Å². The predicted octanol–water partition coefficient (Wildman–Crippen LogP) is -2.68. The van der Waals surface area contributed by atoms with Crippen LogP contribution in [0.3, 0.4) is 0 Å². The number of aliphatic hydroxyl groups is 3. The molecule has 0 radical (unpaired) electrons. The highest BCUT2D eigenvalue weighted by Crippen LogP contribution is 2.22. The van der Waals surface area contributed by atoms with Gasteiger partial charge in [-0.3, -0.25) is 4.79 Å². The molecule has 2 rings (SSSR count). The summed E-state index contributed by atoms with van der Waals surface area (Å²) in [6, 6.07) is 0. The molecule has 2 fully saturated rings. The van der Waals surface area contributed by atoms with Gasteiger partial charge in [0, 0.05) is 0 Å². The van der Waals surface area contributed by atoms with Gasteiger partial charge in [-0.25, -0.2) is 0 Å². The molecular weight excluding hydrogens is 196 g/mol. The first-order chi connectivity index (χ1) is 6.61. The molecule has 7 heteroatoms. The van der Waals surface area contributed by atoms with Crippen LogP contribution in [-0.4, -0.2) is 58.4 Å². The Morgan fingerprint density at radius 3 is 2.36 bits per heavy atom. The number of carbonyl (C=O) groups excluding carboxylic acids is 1. The van der Waals surface area contributed by atoms with Gasteiger partial charge in [0.1, 0.15) is 24.4 Å². The Morgan fingerprint density at radius 1 is 1.14 bits per heavy atom. The highest BCUT2D eigenvalue weighted by atomic mass is 17.4. The SMILES string of the molecule is O=C(C1OO1)C1OC[C@@H](O)[C@@H](O)[C@H]1O. The minimum absolute atomic E-state index is 0.207. The van der Waals surface area contributed by atoms with Crippen molar-refractivity contribution in [2.75, 3.05) is 6.61 Å². The summed E-state index contributed by atoms with van der Waals surface area (Å²) in [6.45, 7) is -0.207. The van der Waals surface area contributed by atoms with Gasteiger partial charge in [-0.2, -0.15) is 9.78 Å². The average Bonchev–Trinajstić information content (AvgIpc) is 2.97. The number of Topliss-reactive ketones (excluding diaryl/α,β-unsaturated/α-hetero) is 1. The molecule has 2 aliphatic heterocycles. The third-order valence-electron chi connectivity index (χ3n) is 2.21. The number of ether oxygens (including phenoxy) is 1. The van der Waals surface area contributed by atoms with Gasteiger partial charge in [-0.15, -0.1) is 0 Å². The van der Waals surface area contributed by atoms with Crippen molar-refractivity contribution in [3.63, 3.8) is 0 Å². The topological polar surface area (TPSA) is 112 Å². The van der Waals surface area contributed by atoms with E-state index in [-0.39, 0.29) is 6.61 Å². The lowest BCUT2D eigenvalue weighted by Crippen LogP contribution is -2.56. The molecule has 0 aromatic heterocycles. The van der Waals surface area contributed by atoms with E-state index < -0.39 is 36.5 Å². The fourth-order valence-electron chi connectivity index (χ4n) is 1.31. The highest BCUT2D eigenvalue weighted by molar-refractivity contribution is 5.87. The maximum absolute atomic E-state index is 11.3. The molecule has 2 aliphatic rings. The molecule has 0 aliphatic carbocycles. The zero-order valence-corrected chi connectivity index (χ0v) is 7.07. The lowest BCUT2D eigenvalue weighted by Gasteiger charge is -2.33. The Kier molecular flexibility index (Phi) is 2.52. The highest BCUT2D eigenvalue weighted by Gasteiger charge is 2.48. The summed E-state index contributed by atoms with van der Waals surface area (Å²) in [5.41, 5.74) is 0. The molecule has 2 heterocycles. The number of hydrogen-bond acceptors (Lipinski definition) is 7. The minimum Gasteiger partial charge on any atom is -0.388 e. The fourth-order valence-corrected chi connectivity index (χ4v) is 1.31. The first kappa shape index (κ1) is 9.97. The zero-order chi connectivity index (χ0) is 10.3. The lowest BCUT2D eigenvalue weighted by molar-refractivity contribution is -0.191. The molecule has 0 spiro atoms. The second-order valence-corrected chi connectivity index (χ2v) is 3.23. The van der Waals surface area contributed by atoms with Crippen LogP contribution in [0, 0.1) is 0 Å². The van der Waals surface area contributed by atoms with E-state index in [1.807, 2.05) is 0 Å². The number of aliphatic hydroxyl groups excluding tert-OH is 3. The van der Waals surface area contributed by atoms with E-state index in [0.29, 0.717) is 0 Å². The molecule has 0 bridgehead atoms. The third kappa shape index (κ3) is 1.65. The number of ketones is 1. The van der Waals surface area contributed by atoms with Crippen LogP contribution in [-0.2, 0) is 19.3 Å². The van der Waals surface area contributed by atoms with Crippen molar-refractivity contribution in [3.05, 3.63) is 0 Å². The summed E-state index contributed by atoms with van der Waals surface area (Å²) in [6.07, 6.45) is -6.26. The molecule has 7 nitrogen and oxygen atoms in total. The van der Waals surface area contributed by atoms with E-state index in [2.05, 4.69) is 9.78 Å². The number of rotatable bonds is 2. The minimum atomic E-state index is -1.46. The first-order valence-electron chi connectivity index (χ1n) is 4.13. The van der Waals surface area contributed by atoms with Crippen molar-refractivity contribution in [1.82, 2.24) is 0 Å². The van der Waals surface area contributed by atoms with E-state index in [9.17, 15) is 15.0 Å². The number of carbonyl (C=O) groups is 1. The molecule has 14 heavy (non-hydrogen) atoms. The largest absolute Gasteiger partial charge is 0.388 e. The van der Waals surface area contributed by atoms with Crippen molar-refractivity contribution < 1.29 is 34.6 Å². The van der Waals surface area contributed by atoms with Crippen LogP contribution >= 0.6 is 0 Å². The summed E-state index contributed by atoms with van der Waals surface area (Å²) >= 11 is 0. The molecule has 0 aromatic rings. The van der Waals surface area contributed by atoms with Crippen molar-refractivity contribution in [2.24, 2.45) is 0 Å². The van der Waals surface area contributed by atoms with E-state index in [4.69, 9.17) is 9.84 Å². The van der Waals surface area contributed by atoms with Crippen LogP contribution in [0.25, 0.3) is 0 Å². The molecule has 3 N–H and O–H groups in total. The van der Waals surface area contributed by atoms with E-state index in [1.165, 1.54) is 0 Å². The average molecular weight is 206 g/mol. The van der Waals surface area contributed by atoms with Crippen LogP contribution in [0.15, 0.2) is 0 Å². The smallest absolute Gasteiger partial charge is 0.284 e. The van der Waals surface area contributed by atoms with Crippen LogP contribution in [0.5, 0.6) is 0 Å². The zero-order valence-electron chi connectivity index (χ0n) is 7.07. The summed E-state index contributed by atoms with van der Waals surface area (Å²) < 4.78 is 4.87. The Labute approximate surface area is 78.7 Å². The Hall–Kier alpha value is -0.570. The Balaban J connectivity index is 2.01.